The summed E-state index contributed by atoms with van der Waals surface area (Å²) < 4.78 is 0. The lowest BCUT2D eigenvalue weighted by atomic mass is 10.1. The average molecular weight is 264 g/mol. The molecule has 1 aromatic carbocycles. The Labute approximate surface area is 108 Å². The van der Waals surface area contributed by atoms with Crippen molar-refractivity contribution < 1.29 is 24.6 Å². The maximum Gasteiger partial charge on any atom is 0.335 e. The van der Waals surface area contributed by atoms with Gasteiger partial charge in [-0.2, -0.15) is 0 Å². The highest BCUT2D eigenvalue weighted by Crippen LogP contribution is 2.31. The average Bonchev–Trinajstić information content (AvgIpc) is 2.35. The Bertz CT molecular complexity index is 569. The van der Waals surface area contributed by atoms with E-state index in [0.717, 1.165) is 0 Å². The molecule has 0 bridgehead atoms. The first kappa shape index (κ1) is 12.9. The van der Waals surface area contributed by atoms with Crippen LogP contribution in [0.5, 0.6) is 0 Å². The summed E-state index contributed by atoms with van der Waals surface area (Å²) in [5, 5.41) is 20.6. The summed E-state index contributed by atoms with van der Waals surface area (Å²) in [6, 6.07) is 3.25. The second-order valence-electron chi connectivity index (χ2n) is 4.23. The van der Waals surface area contributed by atoms with Gasteiger partial charge in [-0.1, -0.05) is 0 Å². The van der Waals surface area contributed by atoms with Gasteiger partial charge in [0.05, 0.1) is 23.5 Å². The van der Waals surface area contributed by atoms with Crippen LogP contribution in [-0.2, 0) is 9.59 Å². The first-order valence-corrected chi connectivity index (χ1v) is 5.57. The number of aromatic carboxylic acids is 1. The molecule has 1 aliphatic rings. The second kappa shape index (κ2) is 4.60. The number of carbonyl (C=O) groups excluding carboxylic acids is 1. The van der Waals surface area contributed by atoms with E-state index in [-0.39, 0.29) is 18.0 Å². The second-order valence-corrected chi connectivity index (χ2v) is 4.23. The van der Waals surface area contributed by atoms with Crippen LogP contribution in [-0.4, -0.2) is 40.6 Å². The third-order valence-electron chi connectivity index (χ3n) is 2.97. The zero-order chi connectivity index (χ0) is 14.2. The fourth-order valence-electron chi connectivity index (χ4n) is 1.92. The Hall–Kier alpha value is -2.57. The lowest BCUT2D eigenvalue weighted by Crippen LogP contribution is -2.46. The van der Waals surface area contributed by atoms with Gasteiger partial charge in [0, 0.05) is 0 Å². The normalized spacial score (nSPS) is 15.4. The minimum Gasteiger partial charge on any atom is -0.480 e. The summed E-state index contributed by atoms with van der Waals surface area (Å²) in [6.45, 7) is 1.32. The molecule has 100 valence electrons. The zero-order valence-electron chi connectivity index (χ0n) is 10.1. The van der Waals surface area contributed by atoms with Crippen molar-refractivity contribution in [1.29, 1.82) is 0 Å². The van der Waals surface area contributed by atoms with Crippen molar-refractivity contribution in [2.75, 3.05) is 16.8 Å². The maximum absolute atomic E-state index is 11.5. The van der Waals surface area contributed by atoms with E-state index in [9.17, 15) is 14.4 Å². The van der Waals surface area contributed by atoms with E-state index in [1.54, 1.807) is 0 Å². The van der Waals surface area contributed by atoms with Crippen molar-refractivity contribution in [2.24, 2.45) is 0 Å². The molecule has 0 aliphatic carbocycles. The predicted molar refractivity (Wildman–Crippen MR) is 66.5 cm³/mol. The molecule has 1 unspecified atom stereocenters. The first-order chi connectivity index (χ1) is 8.90. The topological polar surface area (TPSA) is 107 Å². The molecule has 0 radical (unpaired) electrons. The number of hydrogen-bond donors (Lipinski definition) is 3. The Morgan fingerprint density at radius 1 is 1.37 bits per heavy atom. The number of carboxylic acid groups (broad SMARTS) is 2. The smallest absolute Gasteiger partial charge is 0.335 e. The molecule has 1 heterocycles. The van der Waals surface area contributed by atoms with Gasteiger partial charge in [-0.3, -0.25) is 4.79 Å². The highest BCUT2D eigenvalue weighted by molar-refractivity contribution is 6.04. The van der Waals surface area contributed by atoms with E-state index < -0.39 is 18.0 Å². The van der Waals surface area contributed by atoms with E-state index in [1.807, 2.05) is 0 Å². The van der Waals surface area contributed by atoms with Crippen LogP contribution in [0.15, 0.2) is 18.2 Å². The summed E-state index contributed by atoms with van der Waals surface area (Å²) in [4.78, 5) is 34.9. The van der Waals surface area contributed by atoms with Gasteiger partial charge in [-0.25, -0.2) is 9.59 Å². The Morgan fingerprint density at radius 3 is 2.63 bits per heavy atom. The number of nitrogens with zero attached hydrogens (tertiary/aromatic N) is 1. The number of fused-ring (bicyclic) bond motifs is 1. The van der Waals surface area contributed by atoms with Crippen molar-refractivity contribution in [2.45, 2.75) is 13.0 Å². The molecule has 19 heavy (non-hydrogen) atoms. The van der Waals surface area contributed by atoms with Gasteiger partial charge in [0.1, 0.15) is 6.04 Å². The van der Waals surface area contributed by atoms with Crippen LogP contribution < -0.4 is 10.2 Å². The standard InChI is InChI=1S/C12H12N2O5/c1-6(11(16)17)14-5-10(15)13-8-3-2-7(12(18)19)4-9(8)14/h2-4,6H,5H2,1H3,(H,13,15)(H,16,17)(H,18,19). The van der Waals surface area contributed by atoms with Crippen LogP contribution in [0, 0.1) is 0 Å². The largest absolute Gasteiger partial charge is 0.480 e. The summed E-state index contributed by atoms with van der Waals surface area (Å²) in [5.41, 5.74) is 0.848. The molecule has 1 amide bonds. The van der Waals surface area contributed by atoms with Gasteiger partial charge >= 0.3 is 11.9 Å². The van der Waals surface area contributed by atoms with Crippen LogP contribution in [0.25, 0.3) is 0 Å². The fourth-order valence-corrected chi connectivity index (χ4v) is 1.92. The molecule has 7 nitrogen and oxygen atoms in total. The van der Waals surface area contributed by atoms with Gasteiger partial charge in [0.2, 0.25) is 5.91 Å². The summed E-state index contributed by atoms with van der Waals surface area (Å²) in [6.07, 6.45) is 0. The van der Waals surface area contributed by atoms with Gasteiger partial charge < -0.3 is 20.4 Å². The van der Waals surface area contributed by atoms with Crippen LogP contribution >= 0.6 is 0 Å². The van der Waals surface area contributed by atoms with E-state index in [2.05, 4.69) is 5.32 Å². The van der Waals surface area contributed by atoms with Crippen LogP contribution in [0.1, 0.15) is 17.3 Å². The van der Waals surface area contributed by atoms with Gasteiger partial charge in [0.15, 0.2) is 0 Å². The van der Waals surface area contributed by atoms with E-state index in [1.165, 1.54) is 30.0 Å². The number of amides is 1. The molecule has 0 saturated carbocycles. The number of hydrogen-bond acceptors (Lipinski definition) is 4. The number of carbonyl (C=O) groups is 3. The highest BCUT2D eigenvalue weighted by atomic mass is 16.4. The number of aliphatic carboxylic acids is 1. The molecule has 0 fully saturated rings. The Morgan fingerprint density at radius 2 is 2.05 bits per heavy atom. The molecular weight excluding hydrogens is 252 g/mol. The van der Waals surface area contributed by atoms with E-state index in [4.69, 9.17) is 10.2 Å². The predicted octanol–water partition coefficient (Wildman–Crippen LogP) is 0.616. The van der Waals surface area contributed by atoms with Crippen molar-refractivity contribution in [3.8, 4) is 0 Å². The molecule has 0 spiro atoms. The molecule has 2 rings (SSSR count). The summed E-state index contributed by atoms with van der Waals surface area (Å²) in [7, 11) is 0. The lowest BCUT2D eigenvalue weighted by molar-refractivity contribution is -0.138. The molecule has 1 atom stereocenters. The third-order valence-corrected chi connectivity index (χ3v) is 2.97. The fraction of sp³-hybridized carbons (Fsp3) is 0.250. The quantitative estimate of drug-likeness (QED) is 0.738. The number of anilines is 2. The van der Waals surface area contributed by atoms with Gasteiger partial charge in [-0.15, -0.1) is 0 Å². The van der Waals surface area contributed by atoms with Crippen molar-refractivity contribution in [3.05, 3.63) is 23.8 Å². The first-order valence-electron chi connectivity index (χ1n) is 5.57. The number of rotatable bonds is 3. The minimum atomic E-state index is -1.11. The monoisotopic (exact) mass is 264 g/mol. The van der Waals surface area contributed by atoms with Crippen molar-refractivity contribution in [1.82, 2.24) is 0 Å². The van der Waals surface area contributed by atoms with Crippen LogP contribution in [0.2, 0.25) is 0 Å². The van der Waals surface area contributed by atoms with Gasteiger partial charge in [0.25, 0.3) is 0 Å². The lowest BCUT2D eigenvalue weighted by Gasteiger charge is -2.33. The molecule has 0 aromatic heterocycles. The zero-order valence-corrected chi connectivity index (χ0v) is 10.1. The summed E-state index contributed by atoms with van der Waals surface area (Å²) >= 11 is 0. The molecule has 0 saturated heterocycles. The minimum absolute atomic E-state index is 0.0393. The molecule has 7 heteroatoms. The number of carboxylic acids is 2. The van der Waals surface area contributed by atoms with E-state index >= 15 is 0 Å². The van der Waals surface area contributed by atoms with Gasteiger partial charge in [-0.05, 0) is 25.1 Å². The molecular formula is C12H12N2O5. The number of benzene rings is 1. The van der Waals surface area contributed by atoms with Crippen molar-refractivity contribution >= 4 is 29.2 Å². The van der Waals surface area contributed by atoms with Crippen LogP contribution in [0.3, 0.4) is 0 Å². The van der Waals surface area contributed by atoms with Crippen molar-refractivity contribution in [3.63, 3.8) is 0 Å². The third kappa shape index (κ3) is 2.35. The Balaban J connectivity index is 2.50. The summed E-state index contributed by atoms with van der Waals surface area (Å²) in [5.74, 6) is -2.52. The molecule has 3 N–H and O–H groups in total. The highest BCUT2D eigenvalue weighted by Gasteiger charge is 2.29. The number of nitrogens with one attached hydrogen (secondary N) is 1. The Kier molecular flexibility index (Phi) is 3.12. The van der Waals surface area contributed by atoms with Crippen LogP contribution in [0.4, 0.5) is 11.4 Å². The van der Waals surface area contributed by atoms with E-state index in [0.29, 0.717) is 11.4 Å². The SMILES string of the molecule is CC(C(=O)O)N1CC(=O)Nc2ccc(C(=O)O)cc21. The molecule has 1 aromatic rings. The molecule has 1 aliphatic heterocycles. The maximum atomic E-state index is 11.5.